The van der Waals surface area contributed by atoms with Gasteiger partial charge in [-0.15, -0.1) is 10.2 Å². The number of hydrogen-bond donors (Lipinski definition) is 1. The molecule has 3 aromatic rings. The number of nitrogens with zero attached hydrogens (tertiary/aromatic N) is 4. The summed E-state index contributed by atoms with van der Waals surface area (Å²) in [5, 5.41) is 15.1. The fraction of sp³-hybridized carbons (Fsp3) is 0.176. The summed E-state index contributed by atoms with van der Waals surface area (Å²) in [6.07, 6.45) is 0. The van der Waals surface area contributed by atoms with Crippen molar-refractivity contribution in [2.75, 3.05) is 0 Å². The Morgan fingerprint density at radius 2 is 1.74 bits per heavy atom. The number of hydrogen-bond acceptors (Lipinski definition) is 4. The maximum atomic E-state index is 12.1. The summed E-state index contributed by atoms with van der Waals surface area (Å²) in [6, 6.07) is 19.3. The van der Waals surface area contributed by atoms with Gasteiger partial charge in [0.05, 0.1) is 6.04 Å². The molecular formula is C17H17N5O. The van der Waals surface area contributed by atoms with E-state index in [1.807, 2.05) is 67.6 Å². The van der Waals surface area contributed by atoms with Crippen LogP contribution in [0.3, 0.4) is 0 Å². The van der Waals surface area contributed by atoms with Crippen LogP contribution in [-0.4, -0.2) is 26.1 Å². The minimum absolute atomic E-state index is 0.0387. The van der Waals surface area contributed by atoms with E-state index in [0.29, 0.717) is 5.82 Å². The Kier molecular flexibility index (Phi) is 4.42. The van der Waals surface area contributed by atoms with Crippen LogP contribution in [0, 0.1) is 0 Å². The topological polar surface area (TPSA) is 72.7 Å². The number of rotatable bonds is 5. The highest BCUT2D eigenvalue weighted by Gasteiger charge is 2.12. The average Bonchev–Trinajstić information content (AvgIpc) is 3.04. The number of carbonyl (C=O) groups is 1. The fourth-order valence-electron chi connectivity index (χ4n) is 2.25. The summed E-state index contributed by atoms with van der Waals surface area (Å²) in [7, 11) is 0. The third-order valence-electron chi connectivity index (χ3n) is 3.45. The molecule has 3 rings (SSSR count). The van der Waals surface area contributed by atoms with Crippen LogP contribution in [0.2, 0.25) is 0 Å². The number of aromatic nitrogens is 4. The molecule has 23 heavy (non-hydrogen) atoms. The molecule has 0 unspecified atom stereocenters. The van der Waals surface area contributed by atoms with Gasteiger partial charge >= 0.3 is 0 Å². The van der Waals surface area contributed by atoms with E-state index in [9.17, 15) is 4.79 Å². The number of amides is 1. The van der Waals surface area contributed by atoms with Crippen LogP contribution < -0.4 is 5.32 Å². The summed E-state index contributed by atoms with van der Waals surface area (Å²) in [5.41, 5.74) is 1.93. The van der Waals surface area contributed by atoms with Crippen LogP contribution in [0.15, 0.2) is 60.7 Å². The number of benzene rings is 2. The van der Waals surface area contributed by atoms with Gasteiger partial charge in [-0.25, -0.2) is 0 Å². The first-order valence-corrected chi connectivity index (χ1v) is 7.40. The van der Waals surface area contributed by atoms with Crippen molar-refractivity contribution in [2.45, 2.75) is 19.5 Å². The predicted octanol–water partition coefficient (Wildman–Crippen LogP) is 2.22. The van der Waals surface area contributed by atoms with Gasteiger partial charge in [0.25, 0.3) is 0 Å². The van der Waals surface area contributed by atoms with Crippen molar-refractivity contribution < 1.29 is 4.79 Å². The van der Waals surface area contributed by atoms with E-state index in [2.05, 4.69) is 20.7 Å². The standard InChI is InChI=1S/C17H17N5O/c1-13(14-8-4-2-5-9-14)18-16(23)12-22-20-17(19-21-22)15-10-6-3-7-11-15/h2-11,13H,12H2,1H3,(H,18,23)/t13-/m0/s1. The minimum atomic E-state index is -0.154. The first-order chi connectivity index (χ1) is 11.2. The lowest BCUT2D eigenvalue weighted by Gasteiger charge is -2.13. The van der Waals surface area contributed by atoms with Gasteiger partial charge in [-0.1, -0.05) is 60.7 Å². The second-order valence-electron chi connectivity index (χ2n) is 5.21. The van der Waals surface area contributed by atoms with Crippen LogP contribution in [0.4, 0.5) is 0 Å². The molecule has 1 amide bonds. The summed E-state index contributed by atoms with van der Waals surface area (Å²) in [4.78, 5) is 13.4. The highest BCUT2D eigenvalue weighted by molar-refractivity contribution is 5.76. The molecule has 0 saturated heterocycles. The third kappa shape index (κ3) is 3.79. The van der Waals surface area contributed by atoms with Crippen molar-refractivity contribution >= 4 is 5.91 Å². The Hall–Kier alpha value is -3.02. The molecule has 0 aliphatic rings. The predicted molar refractivity (Wildman–Crippen MR) is 86.3 cm³/mol. The van der Waals surface area contributed by atoms with Crippen LogP contribution >= 0.6 is 0 Å². The Labute approximate surface area is 134 Å². The molecule has 6 nitrogen and oxygen atoms in total. The zero-order valence-corrected chi connectivity index (χ0v) is 12.8. The van der Waals surface area contributed by atoms with Crippen molar-refractivity contribution in [3.8, 4) is 11.4 Å². The van der Waals surface area contributed by atoms with Crippen LogP contribution in [0.5, 0.6) is 0 Å². The highest BCUT2D eigenvalue weighted by atomic mass is 16.2. The molecule has 1 heterocycles. The van der Waals surface area contributed by atoms with Gasteiger partial charge in [0.2, 0.25) is 11.7 Å². The van der Waals surface area contributed by atoms with Crippen molar-refractivity contribution in [1.82, 2.24) is 25.5 Å². The number of nitrogens with one attached hydrogen (secondary N) is 1. The lowest BCUT2D eigenvalue weighted by Crippen LogP contribution is -2.30. The van der Waals surface area contributed by atoms with Crippen LogP contribution in [0.25, 0.3) is 11.4 Å². The summed E-state index contributed by atoms with van der Waals surface area (Å²) >= 11 is 0. The fourth-order valence-corrected chi connectivity index (χ4v) is 2.25. The van der Waals surface area contributed by atoms with Gasteiger partial charge in [0.1, 0.15) is 6.54 Å². The monoisotopic (exact) mass is 307 g/mol. The molecule has 0 saturated carbocycles. The summed E-state index contributed by atoms with van der Waals surface area (Å²) < 4.78 is 0. The normalized spacial score (nSPS) is 11.9. The van der Waals surface area contributed by atoms with E-state index in [4.69, 9.17) is 0 Å². The average molecular weight is 307 g/mol. The molecule has 0 radical (unpaired) electrons. The molecule has 6 heteroatoms. The Morgan fingerprint density at radius 3 is 2.43 bits per heavy atom. The van der Waals surface area contributed by atoms with Crippen molar-refractivity contribution in [2.24, 2.45) is 0 Å². The van der Waals surface area contributed by atoms with E-state index in [1.54, 1.807) is 0 Å². The summed E-state index contributed by atoms with van der Waals surface area (Å²) in [5.74, 6) is 0.355. The lowest BCUT2D eigenvalue weighted by atomic mass is 10.1. The van der Waals surface area contributed by atoms with E-state index in [0.717, 1.165) is 11.1 Å². The molecule has 0 bridgehead atoms. The summed E-state index contributed by atoms with van der Waals surface area (Å²) in [6.45, 7) is 1.98. The van der Waals surface area contributed by atoms with E-state index in [1.165, 1.54) is 4.80 Å². The van der Waals surface area contributed by atoms with E-state index >= 15 is 0 Å². The first-order valence-electron chi connectivity index (χ1n) is 7.40. The zero-order valence-electron chi connectivity index (χ0n) is 12.8. The quantitative estimate of drug-likeness (QED) is 0.784. The van der Waals surface area contributed by atoms with Crippen LogP contribution in [0.1, 0.15) is 18.5 Å². The molecule has 1 aromatic heterocycles. The maximum absolute atomic E-state index is 12.1. The van der Waals surface area contributed by atoms with E-state index < -0.39 is 0 Å². The van der Waals surface area contributed by atoms with Gasteiger partial charge in [0, 0.05) is 5.56 Å². The molecule has 1 atom stereocenters. The maximum Gasteiger partial charge on any atom is 0.244 e. The lowest BCUT2D eigenvalue weighted by molar-refractivity contribution is -0.122. The van der Waals surface area contributed by atoms with Gasteiger partial charge in [-0.2, -0.15) is 4.80 Å². The second-order valence-corrected chi connectivity index (χ2v) is 5.21. The van der Waals surface area contributed by atoms with Crippen molar-refractivity contribution in [1.29, 1.82) is 0 Å². The molecule has 0 fully saturated rings. The molecule has 2 aromatic carbocycles. The largest absolute Gasteiger partial charge is 0.348 e. The first kappa shape index (κ1) is 14.9. The molecule has 0 aliphatic heterocycles. The minimum Gasteiger partial charge on any atom is -0.348 e. The highest BCUT2D eigenvalue weighted by Crippen LogP contribution is 2.12. The zero-order chi connectivity index (χ0) is 16.1. The van der Waals surface area contributed by atoms with Crippen molar-refractivity contribution in [3.05, 3.63) is 66.2 Å². The third-order valence-corrected chi connectivity index (χ3v) is 3.45. The number of tetrazole rings is 1. The van der Waals surface area contributed by atoms with Crippen LogP contribution in [-0.2, 0) is 11.3 Å². The molecule has 0 spiro atoms. The Morgan fingerprint density at radius 1 is 1.09 bits per heavy atom. The molecule has 1 N–H and O–H groups in total. The SMILES string of the molecule is C[C@H](NC(=O)Cn1nnc(-c2ccccc2)n1)c1ccccc1. The Bertz CT molecular complexity index is 770. The van der Waals surface area contributed by atoms with Gasteiger partial charge in [-0.3, -0.25) is 4.79 Å². The number of carbonyl (C=O) groups excluding carboxylic acids is 1. The van der Waals surface area contributed by atoms with Gasteiger partial charge in [-0.05, 0) is 17.7 Å². The van der Waals surface area contributed by atoms with E-state index in [-0.39, 0.29) is 18.5 Å². The van der Waals surface area contributed by atoms with Gasteiger partial charge < -0.3 is 5.32 Å². The molecule has 0 aliphatic carbocycles. The molecular weight excluding hydrogens is 290 g/mol. The second kappa shape index (κ2) is 6.83. The van der Waals surface area contributed by atoms with Crippen molar-refractivity contribution in [3.63, 3.8) is 0 Å². The van der Waals surface area contributed by atoms with Gasteiger partial charge in [0.15, 0.2) is 0 Å². The molecule has 116 valence electrons. The smallest absolute Gasteiger partial charge is 0.244 e. The Balaban J connectivity index is 1.61.